The van der Waals surface area contributed by atoms with Crippen LogP contribution in [0.4, 0.5) is 0 Å². The number of carbonyl (C=O) groups is 1. The fraction of sp³-hybridized carbons (Fsp3) is 0.833. The fourth-order valence-corrected chi connectivity index (χ4v) is 0.680. The van der Waals surface area contributed by atoms with Crippen LogP contribution in [-0.4, -0.2) is 44.7 Å². The molecule has 2 atom stereocenters. The molecule has 0 bridgehead atoms. The van der Waals surface area contributed by atoms with Crippen LogP contribution in [0.3, 0.4) is 0 Å². The van der Waals surface area contributed by atoms with Crippen molar-refractivity contribution in [1.82, 2.24) is 0 Å². The summed E-state index contributed by atoms with van der Waals surface area (Å²) in [5, 5.41) is 34.8. The van der Waals surface area contributed by atoms with Crippen LogP contribution in [0.1, 0.15) is 13.3 Å². The minimum absolute atomic E-state index is 0.149. The lowest BCUT2D eigenvalue weighted by molar-refractivity contribution is -0.175. The zero-order chi connectivity index (χ0) is 9.07. The number of carboxylic acid groups (broad SMARTS) is 1. The maximum atomic E-state index is 10.3. The zero-order valence-electron chi connectivity index (χ0n) is 6.19. The van der Waals surface area contributed by atoms with Gasteiger partial charge in [-0.05, 0) is 6.42 Å². The third-order valence-electron chi connectivity index (χ3n) is 1.63. The highest BCUT2D eigenvalue weighted by Gasteiger charge is 2.41. The van der Waals surface area contributed by atoms with Crippen molar-refractivity contribution in [3.63, 3.8) is 0 Å². The number of carboxylic acids is 1. The van der Waals surface area contributed by atoms with E-state index < -0.39 is 24.3 Å². The zero-order valence-corrected chi connectivity index (χ0v) is 6.19. The lowest BCUT2D eigenvalue weighted by Gasteiger charge is -2.25. The number of aliphatic hydroxyl groups excluding tert-OH is 2. The molecule has 0 saturated heterocycles. The third kappa shape index (κ3) is 1.89. The van der Waals surface area contributed by atoms with Crippen molar-refractivity contribution in [3.05, 3.63) is 0 Å². The predicted octanol–water partition coefficient (Wildman–Crippen LogP) is -1.43. The maximum Gasteiger partial charge on any atom is 0.338 e. The molecule has 5 heteroatoms. The van der Waals surface area contributed by atoms with E-state index in [1.165, 1.54) is 6.92 Å². The topological polar surface area (TPSA) is 98.0 Å². The Morgan fingerprint density at radius 2 is 2.09 bits per heavy atom. The van der Waals surface area contributed by atoms with E-state index in [4.69, 9.17) is 20.4 Å². The predicted molar refractivity (Wildman–Crippen MR) is 36.0 cm³/mol. The summed E-state index contributed by atoms with van der Waals surface area (Å²) in [7, 11) is 0. The number of hydrogen-bond acceptors (Lipinski definition) is 4. The van der Waals surface area contributed by atoms with Crippen LogP contribution in [-0.2, 0) is 4.79 Å². The molecule has 0 heterocycles. The molecule has 2 unspecified atom stereocenters. The van der Waals surface area contributed by atoms with Crippen molar-refractivity contribution in [2.45, 2.75) is 25.0 Å². The second-order valence-corrected chi connectivity index (χ2v) is 2.28. The molecule has 5 nitrogen and oxygen atoms in total. The highest BCUT2D eigenvalue weighted by molar-refractivity contribution is 5.77. The normalized spacial score (nSPS) is 18.9. The van der Waals surface area contributed by atoms with Gasteiger partial charge in [-0.3, -0.25) is 0 Å². The molecule has 0 aromatic heterocycles. The van der Waals surface area contributed by atoms with Crippen molar-refractivity contribution >= 4 is 5.97 Å². The van der Waals surface area contributed by atoms with Gasteiger partial charge < -0.3 is 20.4 Å². The van der Waals surface area contributed by atoms with Gasteiger partial charge in [0.25, 0.3) is 0 Å². The molecule has 0 spiro atoms. The molecule has 0 saturated carbocycles. The molecule has 0 amide bonds. The second-order valence-electron chi connectivity index (χ2n) is 2.28. The van der Waals surface area contributed by atoms with Crippen molar-refractivity contribution < 1.29 is 25.2 Å². The van der Waals surface area contributed by atoms with E-state index in [0.29, 0.717) is 0 Å². The Balaban J connectivity index is 4.45. The lowest BCUT2D eigenvalue weighted by Crippen LogP contribution is -2.50. The SMILES string of the molecule is CCC(O)(C(=O)O)C(O)CO. The molecule has 0 fully saturated rings. The van der Waals surface area contributed by atoms with Gasteiger partial charge >= 0.3 is 5.97 Å². The van der Waals surface area contributed by atoms with Gasteiger partial charge in [0.15, 0.2) is 5.60 Å². The van der Waals surface area contributed by atoms with Gasteiger partial charge in [-0.15, -0.1) is 0 Å². The van der Waals surface area contributed by atoms with E-state index >= 15 is 0 Å². The van der Waals surface area contributed by atoms with Crippen LogP contribution in [0.5, 0.6) is 0 Å². The van der Waals surface area contributed by atoms with Crippen LogP contribution in [0, 0.1) is 0 Å². The summed E-state index contributed by atoms with van der Waals surface area (Å²) in [6.45, 7) is 0.643. The average molecular weight is 164 g/mol. The molecular weight excluding hydrogens is 152 g/mol. The van der Waals surface area contributed by atoms with E-state index in [1.807, 2.05) is 0 Å². The third-order valence-corrected chi connectivity index (χ3v) is 1.63. The van der Waals surface area contributed by atoms with Gasteiger partial charge in [-0.1, -0.05) is 6.92 Å². The molecule has 4 N–H and O–H groups in total. The van der Waals surface area contributed by atoms with E-state index in [-0.39, 0.29) is 6.42 Å². The molecule has 11 heavy (non-hydrogen) atoms. The van der Waals surface area contributed by atoms with Crippen molar-refractivity contribution in [2.24, 2.45) is 0 Å². The minimum Gasteiger partial charge on any atom is -0.479 e. The quantitative estimate of drug-likeness (QED) is 0.408. The standard InChI is InChI=1S/C6H12O5/c1-2-6(11,5(9)10)4(8)3-7/h4,7-8,11H,2-3H2,1H3,(H,9,10). The Hall–Kier alpha value is -0.650. The summed E-state index contributed by atoms with van der Waals surface area (Å²) in [4.78, 5) is 10.3. The van der Waals surface area contributed by atoms with Gasteiger partial charge in [0.05, 0.1) is 6.61 Å². The number of aliphatic hydroxyl groups is 3. The fourth-order valence-electron chi connectivity index (χ4n) is 0.680. The second kappa shape index (κ2) is 3.66. The van der Waals surface area contributed by atoms with Crippen LogP contribution in [0.2, 0.25) is 0 Å². The Labute approximate surface area is 63.9 Å². The summed E-state index contributed by atoms with van der Waals surface area (Å²) in [5.41, 5.74) is -2.23. The summed E-state index contributed by atoms with van der Waals surface area (Å²) in [5.74, 6) is -1.53. The first kappa shape index (κ1) is 10.3. The lowest BCUT2D eigenvalue weighted by atomic mass is 9.94. The molecular formula is C6H12O5. The van der Waals surface area contributed by atoms with E-state index in [1.54, 1.807) is 0 Å². The number of rotatable bonds is 4. The molecule has 0 radical (unpaired) electrons. The van der Waals surface area contributed by atoms with E-state index in [2.05, 4.69) is 0 Å². The first-order valence-corrected chi connectivity index (χ1v) is 3.23. The molecule has 0 aromatic rings. The van der Waals surface area contributed by atoms with Crippen molar-refractivity contribution in [1.29, 1.82) is 0 Å². The number of hydrogen-bond donors (Lipinski definition) is 4. The highest BCUT2D eigenvalue weighted by atomic mass is 16.4. The smallest absolute Gasteiger partial charge is 0.338 e. The largest absolute Gasteiger partial charge is 0.479 e. The monoisotopic (exact) mass is 164 g/mol. The van der Waals surface area contributed by atoms with Gasteiger partial charge in [-0.2, -0.15) is 0 Å². The van der Waals surface area contributed by atoms with Crippen LogP contribution < -0.4 is 0 Å². The first-order valence-electron chi connectivity index (χ1n) is 3.23. The Kier molecular flexibility index (Phi) is 3.44. The maximum absolute atomic E-state index is 10.3. The van der Waals surface area contributed by atoms with Crippen molar-refractivity contribution in [3.8, 4) is 0 Å². The molecule has 0 aliphatic carbocycles. The molecule has 0 aliphatic heterocycles. The van der Waals surface area contributed by atoms with Gasteiger partial charge in [0.2, 0.25) is 0 Å². The van der Waals surface area contributed by atoms with Crippen LogP contribution in [0.15, 0.2) is 0 Å². The average Bonchev–Trinajstić information content (AvgIpc) is 2.01. The summed E-state index contributed by atoms with van der Waals surface area (Å²) in [6.07, 6.45) is -1.78. The summed E-state index contributed by atoms with van der Waals surface area (Å²) < 4.78 is 0. The molecule has 0 rings (SSSR count). The first-order chi connectivity index (χ1) is 4.99. The van der Waals surface area contributed by atoms with Gasteiger partial charge in [0, 0.05) is 0 Å². The van der Waals surface area contributed by atoms with E-state index in [9.17, 15) is 4.79 Å². The molecule has 0 aliphatic rings. The van der Waals surface area contributed by atoms with E-state index in [0.717, 1.165) is 0 Å². The molecule has 0 aromatic carbocycles. The molecule has 66 valence electrons. The van der Waals surface area contributed by atoms with Gasteiger partial charge in [0.1, 0.15) is 6.10 Å². The summed E-state index contributed by atoms with van der Waals surface area (Å²) in [6, 6.07) is 0. The van der Waals surface area contributed by atoms with Crippen molar-refractivity contribution in [2.75, 3.05) is 6.61 Å². The Bertz CT molecular complexity index is 146. The summed E-state index contributed by atoms with van der Waals surface area (Å²) >= 11 is 0. The Morgan fingerprint density at radius 1 is 1.64 bits per heavy atom. The van der Waals surface area contributed by atoms with Crippen LogP contribution >= 0.6 is 0 Å². The Morgan fingerprint density at radius 3 is 2.18 bits per heavy atom. The minimum atomic E-state index is -2.23. The van der Waals surface area contributed by atoms with Crippen LogP contribution in [0.25, 0.3) is 0 Å². The van der Waals surface area contributed by atoms with Gasteiger partial charge in [-0.25, -0.2) is 4.79 Å². The number of aliphatic carboxylic acids is 1. The highest BCUT2D eigenvalue weighted by Crippen LogP contribution is 2.15.